The number of nitrogens with zero attached hydrogens (tertiary/aromatic N) is 2. The molecule has 0 bridgehead atoms. The van der Waals surface area contributed by atoms with Gasteiger partial charge in [0.15, 0.2) is 0 Å². The molecule has 4 rings (SSSR count). The summed E-state index contributed by atoms with van der Waals surface area (Å²) < 4.78 is 12.3. The summed E-state index contributed by atoms with van der Waals surface area (Å²) in [5.74, 6) is 0.502. The van der Waals surface area contributed by atoms with Gasteiger partial charge < -0.3 is 9.47 Å². The molecular formula is C27H30N2O2. The fourth-order valence-corrected chi connectivity index (χ4v) is 3.79. The van der Waals surface area contributed by atoms with Gasteiger partial charge in [-0.05, 0) is 63.8 Å². The monoisotopic (exact) mass is 414 g/mol. The molecule has 160 valence electrons. The molecule has 0 fully saturated rings. The number of ether oxygens (including phenoxy) is 2. The minimum Gasteiger partial charge on any atom is -0.472 e. The van der Waals surface area contributed by atoms with Crippen molar-refractivity contribution < 1.29 is 9.47 Å². The molecule has 0 radical (unpaired) electrons. The maximum absolute atomic E-state index is 6.36. The summed E-state index contributed by atoms with van der Waals surface area (Å²) in [7, 11) is 0. The third kappa shape index (κ3) is 4.79. The normalized spacial score (nSPS) is 13.9. The average molecular weight is 415 g/mol. The van der Waals surface area contributed by atoms with Gasteiger partial charge in [0, 0.05) is 17.7 Å². The maximum atomic E-state index is 6.36. The van der Waals surface area contributed by atoms with Gasteiger partial charge >= 0.3 is 6.01 Å². The molecule has 0 unspecified atom stereocenters. The minimum absolute atomic E-state index is 0.0524. The summed E-state index contributed by atoms with van der Waals surface area (Å²) in [6.07, 6.45) is 6.21. The molecule has 31 heavy (non-hydrogen) atoms. The predicted octanol–water partition coefficient (Wildman–Crippen LogP) is 6.50. The molecule has 0 aliphatic heterocycles. The van der Waals surface area contributed by atoms with Gasteiger partial charge in [-0.25, -0.2) is 4.98 Å². The third-order valence-electron chi connectivity index (χ3n) is 4.93. The van der Waals surface area contributed by atoms with Crippen LogP contribution in [-0.4, -0.2) is 21.2 Å². The highest BCUT2D eigenvalue weighted by molar-refractivity contribution is 5.77. The van der Waals surface area contributed by atoms with Crippen LogP contribution in [0.3, 0.4) is 0 Å². The summed E-state index contributed by atoms with van der Waals surface area (Å²) in [6, 6.07) is 17.3. The number of hydrogen-bond acceptors (Lipinski definition) is 4. The van der Waals surface area contributed by atoms with E-state index in [4.69, 9.17) is 14.5 Å². The highest BCUT2D eigenvalue weighted by Gasteiger charge is 2.29. The minimum atomic E-state index is -0.413. The molecule has 0 atom stereocenters. The van der Waals surface area contributed by atoms with Crippen LogP contribution in [0.2, 0.25) is 0 Å². The van der Waals surface area contributed by atoms with Crippen LogP contribution in [0.15, 0.2) is 54.7 Å². The van der Waals surface area contributed by atoms with Gasteiger partial charge in [-0.15, -0.1) is 0 Å². The van der Waals surface area contributed by atoms with E-state index in [1.54, 1.807) is 0 Å². The van der Waals surface area contributed by atoms with E-state index in [-0.39, 0.29) is 5.92 Å². The Balaban J connectivity index is 1.93. The van der Waals surface area contributed by atoms with Gasteiger partial charge in [0.1, 0.15) is 11.2 Å². The summed E-state index contributed by atoms with van der Waals surface area (Å²) in [5.41, 5.74) is 4.89. The summed E-state index contributed by atoms with van der Waals surface area (Å²) >= 11 is 0. The van der Waals surface area contributed by atoms with Gasteiger partial charge in [0.25, 0.3) is 0 Å². The van der Waals surface area contributed by atoms with Gasteiger partial charge in [-0.2, -0.15) is 4.98 Å². The fourth-order valence-electron chi connectivity index (χ4n) is 3.79. The standard InChI is InChI=1S/C27H30N2O2/c1-26(2,3)30-24-22(17-28-25(29-24)31-27(4,5)6)23-20-13-9-7-11-18(20)15-16-19-12-8-10-14-21(19)23/h7-17,23H,1-6H3. The molecule has 1 heterocycles. The van der Waals surface area contributed by atoms with Crippen molar-refractivity contribution in [3.8, 4) is 11.9 Å². The van der Waals surface area contributed by atoms with E-state index in [0.29, 0.717) is 11.9 Å². The number of benzene rings is 2. The molecule has 0 amide bonds. The third-order valence-corrected chi connectivity index (χ3v) is 4.93. The van der Waals surface area contributed by atoms with Crippen LogP contribution in [0.4, 0.5) is 0 Å². The quantitative estimate of drug-likeness (QED) is 0.384. The van der Waals surface area contributed by atoms with Crippen molar-refractivity contribution in [1.82, 2.24) is 9.97 Å². The summed E-state index contributed by atoms with van der Waals surface area (Å²) in [5, 5.41) is 0. The summed E-state index contributed by atoms with van der Waals surface area (Å²) in [6.45, 7) is 12.0. The van der Waals surface area contributed by atoms with Crippen LogP contribution in [0.5, 0.6) is 11.9 Å². The molecule has 1 aromatic heterocycles. The van der Waals surface area contributed by atoms with Crippen molar-refractivity contribution in [2.75, 3.05) is 0 Å². The van der Waals surface area contributed by atoms with E-state index in [1.165, 1.54) is 22.3 Å². The van der Waals surface area contributed by atoms with Crippen LogP contribution in [0.25, 0.3) is 12.2 Å². The molecule has 2 aromatic carbocycles. The highest BCUT2D eigenvalue weighted by Crippen LogP contribution is 2.42. The fraction of sp³-hybridized carbons (Fsp3) is 0.333. The maximum Gasteiger partial charge on any atom is 0.320 e. The molecular weight excluding hydrogens is 384 g/mol. The molecule has 0 spiro atoms. The lowest BCUT2D eigenvalue weighted by molar-refractivity contribution is 0.102. The molecule has 3 aromatic rings. The molecule has 4 heteroatoms. The topological polar surface area (TPSA) is 44.2 Å². The van der Waals surface area contributed by atoms with E-state index < -0.39 is 11.2 Å². The molecule has 0 N–H and O–H groups in total. The Hall–Kier alpha value is -3.14. The number of hydrogen-bond donors (Lipinski definition) is 0. The second-order valence-corrected chi connectivity index (χ2v) is 9.87. The predicted molar refractivity (Wildman–Crippen MR) is 126 cm³/mol. The Bertz CT molecular complexity index is 1070. The zero-order chi connectivity index (χ0) is 22.2. The van der Waals surface area contributed by atoms with Crippen LogP contribution in [0.1, 0.15) is 75.3 Å². The molecule has 4 nitrogen and oxygen atoms in total. The Morgan fingerprint density at radius 3 is 1.71 bits per heavy atom. The lowest BCUT2D eigenvalue weighted by Crippen LogP contribution is -2.27. The first-order chi connectivity index (χ1) is 14.6. The molecule has 1 aliphatic rings. The van der Waals surface area contributed by atoms with E-state index in [9.17, 15) is 0 Å². The van der Waals surface area contributed by atoms with Crippen LogP contribution >= 0.6 is 0 Å². The summed E-state index contributed by atoms with van der Waals surface area (Å²) in [4.78, 5) is 9.29. The van der Waals surface area contributed by atoms with Crippen molar-refractivity contribution in [2.24, 2.45) is 0 Å². The van der Waals surface area contributed by atoms with Crippen LogP contribution in [-0.2, 0) is 0 Å². The number of rotatable bonds is 3. The SMILES string of the molecule is CC(C)(C)Oc1ncc(C2c3ccccc3C=Cc3ccccc32)c(OC(C)(C)C)n1. The van der Waals surface area contributed by atoms with Crippen molar-refractivity contribution in [1.29, 1.82) is 0 Å². The Morgan fingerprint density at radius 1 is 0.677 bits per heavy atom. The van der Waals surface area contributed by atoms with E-state index in [0.717, 1.165) is 5.56 Å². The number of fused-ring (bicyclic) bond motifs is 2. The van der Waals surface area contributed by atoms with E-state index in [1.807, 2.05) is 47.7 Å². The van der Waals surface area contributed by atoms with Crippen molar-refractivity contribution in [2.45, 2.75) is 58.7 Å². The zero-order valence-electron chi connectivity index (χ0n) is 19.1. The van der Waals surface area contributed by atoms with Crippen molar-refractivity contribution in [3.63, 3.8) is 0 Å². The number of aromatic nitrogens is 2. The first-order valence-electron chi connectivity index (χ1n) is 10.7. The Kier molecular flexibility index (Phi) is 5.34. The van der Waals surface area contributed by atoms with Gasteiger partial charge in [-0.3, -0.25) is 0 Å². The van der Waals surface area contributed by atoms with Gasteiger partial charge in [0.05, 0.1) is 0 Å². The van der Waals surface area contributed by atoms with E-state index in [2.05, 4.69) is 65.7 Å². The average Bonchev–Trinajstić information content (AvgIpc) is 2.83. The zero-order valence-corrected chi connectivity index (χ0v) is 19.1. The lowest BCUT2D eigenvalue weighted by Gasteiger charge is -2.27. The lowest BCUT2D eigenvalue weighted by atomic mass is 9.83. The second-order valence-electron chi connectivity index (χ2n) is 9.87. The molecule has 0 saturated carbocycles. The smallest absolute Gasteiger partial charge is 0.320 e. The van der Waals surface area contributed by atoms with Crippen molar-refractivity contribution >= 4 is 12.2 Å². The molecule has 1 aliphatic carbocycles. The first-order valence-corrected chi connectivity index (χ1v) is 10.7. The second kappa shape index (κ2) is 7.84. The van der Waals surface area contributed by atoms with Gasteiger partial charge in [-0.1, -0.05) is 60.7 Å². The van der Waals surface area contributed by atoms with Crippen LogP contribution < -0.4 is 9.47 Å². The van der Waals surface area contributed by atoms with E-state index >= 15 is 0 Å². The first kappa shape index (κ1) is 21.1. The Morgan fingerprint density at radius 2 is 1.19 bits per heavy atom. The molecule has 0 saturated heterocycles. The van der Waals surface area contributed by atoms with Crippen LogP contribution in [0, 0.1) is 0 Å². The Labute approximate surface area is 185 Å². The largest absolute Gasteiger partial charge is 0.472 e. The van der Waals surface area contributed by atoms with Gasteiger partial charge in [0.2, 0.25) is 5.88 Å². The van der Waals surface area contributed by atoms with Crippen molar-refractivity contribution in [3.05, 3.63) is 82.5 Å². The highest BCUT2D eigenvalue weighted by atomic mass is 16.5.